The van der Waals surface area contributed by atoms with E-state index >= 15 is 0 Å². The normalized spacial score (nSPS) is 24.5. The third kappa shape index (κ3) is 5.05. The number of benzene rings is 1. The fourth-order valence-corrected chi connectivity index (χ4v) is 5.37. The maximum absolute atomic E-state index is 6.29. The molecule has 1 aromatic carbocycles. The monoisotopic (exact) mass is 443 g/mol. The molecule has 2 saturated heterocycles. The highest BCUT2D eigenvalue weighted by Gasteiger charge is 2.42. The maximum Gasteiger partial charge on any atom is 0.162 e. The summed E-state index contributed by atoms with van der Waals surface area (Å²) in [5, 5.41) is 4.54. The molecule has 4 aliphatic rings. The van der Waals surface area contributed by atoms with Crippen molar-refractivity contribution in [2.75, 3.05) is 59.6 Å². The van der Waals surface area contributed by atoms with Crippen molar-refractivity contribution >= 4 is 5.71 Å². The lowest BCUT2D eigenvalue weighted by atomic mass is 9.85. The lowest BCUT2D eigenvalue weighted by Crippen LogP contribution is -2.47. The molecule has 0 amide bonds. The minimum atomic E-state index is -0.142. The predicted molar refractivity (Wildman–Crippen MR) is 124 cm³/mol. The quantitative estimate of drug-likeness (QED) is 0.645. The Morgan fingerprint density at radius 1 is 1.00 bits per heavy atom. The molecule has 0 radical (unpaired) electrons. The largest absolute Gasteiger partial charge is 0.493 e. The van der Waals surface area contributed by atoms with Gasteiger partial charge in [0.2, 0.25) is 0 Å². The molecule has 0 aromatic heterocycles. The summed E-state index contributed by atoms with van der Waals surface area (Å²) in [5.41, 5.74) is 1.98. The van der Waals surface area contributed by atoms with E-state index in [0.717, 1.165) is 107 Å². The number of methoxy groups -OCH3 is 1. The van der Waals surface area contributed by atoms with E-state index in [1.807, 2.05) is 6.07 Å². The minimum absolute atomic E-state index is 0.142. The number of oxime groups is 1. The molecule has 7 nitrogen and oxygen atoms in total. The van der Waals surface area contributed by atoms with Crippen LogP contribution in [-0.4, -0.2) is 86.8 Å². The van der Waals surface area contributed by atoms with E-state index in [0.29, 0.717) is 6.10 Å². The Morgan fingerprint density at radius 2 is 1.72 bits per heavy atom. The van der Waals surface area contributed by atoms with Crippen molar-refractivity contribution in [2.24, 2.45) is 5.16 Å². The zero-order valence-corrected chi connectivity index (χ0v) is 19.4. The maximum atomic E-state index is 6.29. The number of nitrogens with zero attached hydrogens (tertiary/aromatic N) is 3. The minimum Gasteiger partial charge on any atom is -0.493 e. The second-order valence-electron chi connectivity index (χ2n) is 9.67. The van der Waals surface area contributed by atoms with Crippen molar-refractivity contribution in [3.05, 3.63) is 23.8 Å². The first-order valence-corrected chi connectivity index (χ1v) is 12.4. The summed E-state index contributed by atoms with van der Waals surface area (Å²) in [6.07, 6.45) is 7.99. The first-order valence-electron chi connectivity index (χ1n) is 12.4. The van der Waals surface area contributed by atoms with Gasteiger partial charge in [0.25, 0.3) is 0 Å². The van der Waals surface area contributed by atoms with Crippen LogP contribution in [0.2, 0.25) is 0 Å². The average Bonchev–Trinajstić information content (AvgIpc) is 3.50. The molecule has 0 unspecified atom stereocenters. The molecular formula is C25H37N3O4. The number of hydrogen-bond donors (Lipinski definition) is 0. The number of piperidine rings is 1. The van der Waals surface area contributed by atoms with Crippen LogP contribution in [0.25, 0.3) is 0 Å². The van der Waals surface area contributed by atoms with Crippen LogP contribution in [0.15, 0.2) is 23.4 Å². The lowest BCUT2D eigenvalue weighted by molar-refractivity contribution is -0.0630. The predicted octanol–water partition coefficient (Wildman–Crippen LogP) is 3.31. The number of rotatable bonds is 7. The fraction of sp³-hybridized carbons (Fsp3) is 0.720. The van der Waals surface area contributed by atoms with E-state index in [1.54, 1.807) is 7.11 Å². The Balaban J connectivity index is 1.15. The lowest BCUT2D eigenvalue weighted by Gasteiger charge is -2.38. The Labute approximate surface area is 191 Å². The zero-order valence-electron chi connectivity index (χ0n) is 19.4. The fourth-order valence-electron chi connectivity index (χ4n) is 5.37. The van der Waals surface area contributed by atoms with Gasteiger partial charge in [0.05, 0.1) is 32.1 Å². The molecule has 0 N–H and O–H groups in total. The first-order chi connectivity index (χ1) is 15.7. The van der Waals surface area contributed by atoms with Gasteiger partial charge in [-0.1, -0.05) is 5.16 Å². The number of morpholine rings is 1. The van der Waals surface area contributed by atoms with E-state index in [-0.39, 0.29) is 5.60 Å². The van der Waals surface area contributed by atoms with Gasteiger partial charge >= 0.3 is 0 Å². The summed E-state index contributed by atoms with van der Waals surface area (Å²) in [4.78, 5) is 11.2. The summed E-state index contributed by atoms with van der Waals surface area (Å²) >= 11 is 0. The summed E-state index contributed by atoms with van der Waals surface area (Å²) in [6, 6.07) is 6.18. The molecule has 3 aliphatic heterocycles. The molecule has 1 aliphatic carbocycles. The van der Waals surface area contributed by atoms with Crippen LogP contribution in [-0.2, 0) is 9.57 Å². The highest BCUT2D eigenvalue weighted by atomic mass is 16.7. The van der Waals surface area contributed by atoms with E-state index in [4.69, 9.17) is 19.0 Å². The molecule has 7 heteroatoms. The van der Waals surface area contributed by atoms with Crippen molar-refractivity contribution < 1.29 is 19.0 Å². The van der Waals surface area contributed by atoms with Gasteiger partial charge in [0.1, 0.15) is 5.60 Å². The molecule has 1 saturated carbocycles. The van der Waals surface area contributed by atoms with Gasteiger partial charge in [-0.3, -0.25) is 4.90 Å². The van der Waals surface area contributed by atoms with Crippen LogP contribution in [0.5, 0.6) is 11.5 Å². The van der Waals surface area contributed by atoms with Gasteiger partial charge < -0.3 is 23.9 Å². The van der Waals surface area contributed by atoms with E-state index in [2.05, 4.69) is 27.1 Å². The van der Waals surface area contributed by atoms with Crippen LogP contribution < -0.4 is 9.47 Å². The summed E-state index contributed by atoms with van der Waals surface area (Å²) < 4.78 is 17.3. The Bertz CT molecular complexity index is 794. The molecule has 1 aromatic rings. The number of ether oxygens (including phenoxy) is 3. The summed E-state index contributed by atoms with van der Waals surface area (Å²) in [6.45, 7) is 8.28. The smallest absolute Gasteiger partial charge is 0.162 e. The van der Waals surface area contributed by atoms with E-state index < -0.39 is 0 Å². The zero-order chi connectivity index (χ0) is 21.8. The highest BCUT2D eigenvalue weighted by molar-refractivity contribution is 6.02. The Morgan fingerprint density at radius 3 is 2.44 bits per heavy atom. The average molecular weight is 444 g/mol. The molecule has 32 heavy (non-hydrogen) atoms. The number of hydrogen-bond acceptors (Lipinski definition) is 7. The van der Waals surface area contributed by atoms with Gasteiger partial charge in [-0.05, 0) is 43.9 Å². The van der Waals surface area contributed by atoms with Gasteiger partial charge in [-0.25, -0.2) is 0 Å². The van der Waals surface area contributed by atoms with Crippen LogP contribution in [0.3, 0.4) is 0 Å². The van der Waals surface area contributed by atoms with Crippen LogP contribution in [0, 0.1) is 0 Å². The Hall–Kier alpha value is -1.83. The number of likely N-dealkylation sites (tertiary alicyclic amines) is 1. The third-order valence-electron chi connectivity index (χ3n) is 7.54. The second-order valence-corrected chi connectivity index (χ2v) is 9.67. The SMILES string of the molecule is COc1ccc(C2=NOC3(CCN(CCN4CCOCC4)CC3)C2)cc1OC1CCCC1. The van der Waals surface area contributed by atoms with Crippen LogP contribution in [0.1, 0.15) is 50.5 Å². The van der Waals surface area contributed by atoms with Crippen LogP contribution in [0.4, 0.5) is 0 Å². The standard InChI is InChI=1S/C25H37N3O4/c1-29-23-7-6-20(18-24(23)31-21-4-2-3-5-21)22-19-25(32-26-22)8-10-27(11-9-25)12-13-28-14-16-30-17-15-28/h6-7,18,21H,2-5,8-17,19H2,1H3. The van der Waals surface area contributed by atoms with Gasteiger partial charge in [-0.15, -0.1) is 0 Å². The molecule has 176 valence electrons. The Kier molecular flexibility index (Phi) is 6.85. The molecule has 3 heterocycles. The van der Waals surface area contributed by atoms with Crippen molar-refractivity contribution in [1.29, 1.82) is 0 Å². The third-order valence-corrected chi connectivity index (χ3v) is 7.54. The molecule has 0 atom stereocenters. The van der Waals surface area contributed by atoms with Crippen molar-refractivity contribution in [3.8, 4) is 11.5 Å². The van der Waals surface area contributed by atoms with Crippen molar-refractivity contribution in [1.82, 2.24) is 9.80 Å². The summed E-state index contributed by atoms with van der Waals surface area (Å²) in [5.74, 6) is 1.63. The molecule has 5 rings (SSSR count). The van der Waals surface area contributed by atoms with E-state index in [9.17, 15) is 0 Å². The van der Waals surface area contributed by atoms with E-state index in [1.165, 1.54) is 12.8 Å². The molecule has 0 bridgehead atoms. The second kappa shape index (κ2) is 9.98. The van der Waals surface area contributed by atoms with Crippen molar-refractivity contribution in [3.63, 3.8) is 0 Å². The highest BCUT2D eigenvalue weighted by Crippen LogP contribution is 2.38. The van der Waals surface area contributed by atoms with Crippen molar-refractivity contribution in [2.45, 2.75) is 56.7 Å². The van der Waals surface area contributed by atoms with Gasteiger partial charge in [-0.2, -0.15) is 0 Å². The first kappa shape index (κ1) is 22.0. The van der Waals surface area contributed by atoms with Crippen LogP contribution >= 0.6 is 0 Å². The van der Waals surface area contributed by atoms with Gasteiger partial charge in [0.15, 0.2) is 11.5 Å². The van der Waals surface area contributed by atoms with Gasteiger partial charge in [0, 0.05) is 64.1 Å². The molecule has 1 spiro atoms. The molecular weight excluding hydrogens is 406 g/mol. The molecule has 3 fully saturated rings. The summed E-state index contributed by atoms with van der Waals surface area (Å²) in [7, 11) is 1.70. The topological polar surface area (TPSA) is 55.8 Å².